The number of nitriles is 1. The number of hydrogen-bond donors (Lipinski definition) is 1. The molecule has 0 aliphatic carbocycles. The highest BCUT2D eigenvalue weighted by Gasteiger charge is 2.17. The molecule has 0 fully saturated rings. The van der Waals surface area contributed by atoms with Crippen LogP contribution in [-0.4, -0.2) is 21.8 Å². The van der Waals surface area contributed by atoms with Crippen LogP contribution in [0, 0.1) is 25.2 Å². The van der Waals surface area contributed by atoms with Crippen molar-refractivity contribution in [2.75, 3.05) is 0 Å². The van der Waals surface area contributed by atoms with Crippen LogP contribution in [0.15, 0.2) is 54.6 Å². The minimum absolute atomic E-state index is 0.212. The molecule has 1 amide bonds. The van der Waals surface area contributed by atoms with Crippen molar-refractivity contribution in [2.45, 2.75) is 33.4 Å². The number of aryl methyl sites for hydroxylation is 1. The van der Waals surface area contributed by atoms with E-state index in [4.69, 9.17) is 10.00 Å². The highest BCUT2D eigenvalue weighted by molar-refractivity contribution is 5.80. The number of benzene rings is 2. The molecule has 142 valence electrons. The van der Waals surface area contributed by atoms with Crippen LogP contribution in [0.2, 0.25) is 0 Å². The highest BCUT2D eigenvalue weighted by atomic mass is 16.5. The molecule has 1 heterocycles. The van der Waals surface area contributed by atoms with E-state index < -0.39 is 6.10 Å². The van der Waals surface area contributed by atoms with Gasteiger partial charge in [0.25, 0.3) is 5.91 Å². The van der Waals surface area contributed by atoms with Crippen molar-refractivity contribution in [1.29, 1.82) is 5.26 Å². The zero-order valence-electron chi connectivity index (χ0n) is 16.1. The molecular weight excluding hydrogens is 352 g/mol. The van der Waals surface area contributed by atoms with Crippen LogP contribution in [0.1, 0.15) is 29.4 Å². The standard InChI is InChI=1S/C22H22N4O2/c1-15-21(16(2)26(25-15)19-7-5-4-6-8-19)14-24-22(27)17(3)28-20-11-9-18(13-23)10-12-20/h4-12,17H,14H2,1-3H3,(H,24,27)/t17-/m1/s1. The lowest BCUT2D eigenvalue weighted by Gasteiger charge is -2.15. The first-order chi connectivity index (χ1) is 13.5. The van der Waals surface area contributed by atoms with Crippen LogP contribution in [0.25, 0.3) is 5.69 Å². The normalized spacial score (nSPS) is 11.5. The lowest BCUT2D eigenvalue weighted by molar-refractivity contribution is -0.127. The third kappa shape index (κ3) is 4.21. The van der Waals surface area contributed by atoms with Crippen LogP contribution < -0.4 is 10.1 Å². The van der Waals surface area contributed by atoms with Gasteiger partial charge in [0, 0.05) is 17.8 Å². The molecule has 0 spiro atoms. The van der Waals surface area contributed by atoms with Crippen molar-refractivity contribution >= 4 is 5.91 Å². The molecule has 0 bridgehead atoms. The van der Waals surface area contributed by atoms with Gasteiger partial charge in [-0.25, -0.2) is 4.68 Å². The molecular formula is C22H22N4O2. The number of rotatable bonds is 6. The van der Waals surface area contributed by atoms with E-state index in [9.17, 15) is 4.79 Å². The second-order valence-electron chi connectivity index (χ2n) is 6.51. The van der Waals surface area contributed by atoms with Crippen molar-refractivity contribution in [3.8, 4) is 17.5 Å². The molecule has 1 aromatic heterocycles. The number of carbonyl (C=O) groups is 1. The Morgan fingerprint density at radius 1 is 1.18 bits per heavy atom. The second kappa shape index (κ2) is 8.40. The summed E-state index contributed by atoms with van der Waals surface area (Å²) in [5, 5.41) is 16.3. The molecule has 0 aliphatic rings. The van der Waals surface area contributed by atoms with E-state index in [2.05, 4.69) is 16.5 Å². The summed E-state index contributed by atoms with van der Waals surface area (Å²) in [6, 6.07) is 18.6. The van der Waals surface area contributed by atoms with E-state index in [-0.39, 0.29) is 5.91 Å². The van der Waals surface area contributed by atoms with Gasteiger partial charge >= 0.3 is 0 Å². The number of ether oxygens (including phenoxy) is 1. The van der Waals surface area contributed by atoms with Crippen molar-refractivity contribution in [3.63, 3.8) is 0 Å². The summed E-state index contributed by atoms with van der Waals surface area (Å²) in [6.07, 6.45) is -0.655. The Balaban J connectivity index is 1.64. The first kappa shape index (κ1) is 19.2. The number of nitrogens with one attached hydrogen (secondary N) is 1. The Labute approximate surface area is 164 Å². The molecule has 3 aromatic rings. The third-order valence-corrected chi connectivity index (χ3v) is 4.55. The Morgan fingerprint density at radius 2 is 1.86 bits per heavy atom. The second-order valence-corrected chi connectivity index (χ2v) is 6.51. The van der Waals surface area contributed by atoms with E-state index in [1.807, 2.05) is 48.9 Å². The van der Waals surface area contributed by atoms with Crippen LogP contribution in [-0.2, 0) is 11.3 Å². The topological polar surface area (TPSA) is 79.9 Å². The highest BCUT2D eigenvalue weighted by Crippen LogP contribution is 2.18. The quantitative estimate of drug-likeness (QED) is 0.717. The summed E-state index contributed by atoms with van der Waals surface area (Å²) in [4.78, 5) is 12.4. The molecule has 0 aliphatic heterocycles. The van der Waals surface area contributed by atoms with Crippen LogP contribution in [0.5, 0.6) is 5.75 Å². The summed E-state index contributed by atoms with van der Waals surface area (Å²) >= 11 is 0. The number of hydrogen-bond acceptors (Lipinski definition) is 4. The van der Waals surface area contributed by atoms with E-state index in [0.29, 0.717) is 17.9 Å². The van der Waals surface area contributed by atoms with Crippen LogP contribution in [0.4, 0.5) is 0 Å². The van der Waals surface area contributed by atoms with Gasteiger partial charge in [0.15, 0.2) is 6.10 Å². The van der Waals surface area contributed by atoms with Gasteiger partial charge in [-0.05, 0) is 57.2 Å². The van der Waals surface area contributed by atoms with E-state index in [1.165, 1.54) is 0 Å². The van der Waals surface area contributed by atoms with Gasteiger partial charge in [-0.3, -0.25) is 4.79 Å². The lowest BCUT2D eigenvalue weighted by atomic mass is 10.2. The predicted octanol–water partition coefficient (Wildman–Crippen LogP) is 3.44. The van der Waals surface area contributed by atoms with Crippen molar-refractivity contribution < 1.29 is 9.53 Å². The zero-order valence-corrected chi connectivity index (χ0v) is 16.1. The molecule has 2 aromatic carbocycles. The number of nitrogens with zero attached hydrogens (tertiary/aromatic N) is 3. The maximum Gasteiger partial charge on any atom is 0.261 e. The first-order valence-corrected chi connectivity index (χ1v) is 9.04. The minimum Gasteiger partial charge on any atom is -0.481 e. The van der Waals surface area contributed by atoms with Crippen molar-refractivity contribution in [3.05, 3.63) is 77.1 Å². The number of carbonyl (C=O) groups excluding carboxylic acids is 1. The Morgan fingerprint density at radius 3 is 2.50 bits per heavy atom. The van der Waals surface area contributed by atoms with Gasteiger partial charge in [0.05, 0.1) is 23.0 Å². The average molecular weight is 374 g/mol. The molecule has 6 heteroatoms. The summed E-state index contributed by atoms with van der Waals surface area (Å²) in [5.41, 5.74) is 4.39. The summed E-state index contributed by atoms with van der Waals surface area (Å²) < 4.78 is 7.54. The smallest absolute Gasteiger partial charge is 0.261 e. The van der Waals surface area contributed by atoms with Crippen LogP contribution in [0.3, 0.4) is 0 Å². The fourth-order valence-electron chi connectivity index (χ4n) is 2.94. The molecule has 1 atom stereocenters. The molecule has 3 rings (SSSR count). The fraction of sp³-hybridized carbons (Fsp3) is 0.227. The lowest BCUT2D eigenvalue weighted by Crippen LogP contribution is -2.36. The van der Waals surface area contributed by atoms with Gasteiger partial charge < -0.3 is 10.1 Å². The van der Waals surface area contributed by atoms with Crippen molar-refractivity contribution in [1.82, 2.24) is 15.1 Å². The Kier molecular flexibility index (Phi) is 5.75. The SMILES string of the molecule is Cc1nn(-c2ccccc2)c(C)c1CNC(=O)[C@@H](C)Oc1ccc(C#N)cc1. The maximum absolute atomic E-state index is 12.4. The van der Waals surface area contributed by atoms with E-state index in [0.717, 1.165) is 22.6 Å². The maximum atomic E-state index is 12.4. The molecule has 6 nitrogen and oxygen atoms in total. The Hall–Kier alpha value is -3.59. The molecule has 0 radical (unpaired) electrons. The molecule has 1 N–H and O–H groups in total. The fourth-order valence-corrected chi connectivity index (χ4v) is 2.94. The van der Waals surface area contributed by atoms with Crippen LogP contribution >= 0.6 is 0 Å². The van der Waals surface area contributed by atoms with E-state index in [1.54, 1.807) is 31.2 Å². The number of aromatic nitrogens is 2. The van der Waals surface area contributed by atoms with Gasteiger partial charge in [-0.15, -0.1) is 0 Å². The Bertz CT molecular complexity index is 1000. The minimum atomic E-state index is -0.655. The van der Waals surface area contributed by atoms with Gasteiger partial charge in [0.1, 0.15) is 5.75 Å². The molecule has 0 saturated heterocycles. The predicted molar refractivity (Wildman–Crippen MR) is 106 cm³/mol. The van der Waals surface area contributed by atoms with Crippen molar-refractivity contribution in [2.24, 2.45) is 0 Å². The third-order valence-electron chi connectivity index (χ3n) is 4.55. The van der Waals surface area contributed by atoms with Gasteiger partial charge in [-0.1, -0.05) is 18.2 Å². The monoisotopic (exact) mass is 374 g/mol. The summed E-state index contributed by atoms with van der Waals surface area (Å²) in [5.74, 6) is 0.335. The average Bonchev–Trinajstić information content (AvgIpc) is 3.01. The van der Waals surface area contributed by atoms with Gasteiger partial charge in [-0.2, -0.15) is 10.4 Å². The number of amides is 1. The molecule has 0 unspecified atom stereocenters. The summed E-state index contributed by atoms with van der Waals surface area (Å²) in [7, 11) is 0. The van der Waals surface area contributed by atoms with Gasteiger partial charge in [0.2, 0.25) is 0 Å². The largest absolute Gasteiger partial charge is 0.481 e. The summed E-state index contributed by atoms with van der Waals surface area (Å²) in [6.45, 7) is 6.00. The molecule has 0 saturated carbocycles. The zero-order chi connectivity index (χ0) is 20.1. The number of para-hydroxylation sites is 1. The first-order valence-electron chi connectivity index (χ1n) is 9.04. The van der Waals surface area contributed by atoms with E-state index >= 15 is 0 Å². The molecule has 28 heavy (non-hydrogen) atoms.